The lowest BCUT2D eigenvalue weighted by Crippen LogP contribution is -2.20. The average Bonchev–Trinajstić information content (AvgIpc) is 2.42. The van der Waals surface area contributed by atoms with Gasteiger partial charge in [0, 0.05) is 12.0 Å². The Kier molecular flexibility index (Phi) is 7.55. The molecule has 0 bridgehead atoms. The number of carbonyl (C=O) groups is 1. The highest BCUT2D eigenvalue weighted by atomic mass is 32.2. The molecule has 0 unspecified atom stereocenters. The third-order valence-electron chi connectivity index (χ3n) is 2.22. The van der Waals surface area contributed by atoms with Gasteiger partial charge < -0.3 is 14.8 Å². The van der Waals surface area contributed by atoms with E-state index in [1.54, 1.807) is 18.2 Å². The van der Waals surface area contributed by atoms with Crippen LogP contribution in [0.4, 0.5) is 18.9 Å². The molecule has 21 heavy (non-hydrogen) atoms. The van der Waals surface area contributed by atoms with Crippen molar-refractivity contribution in [1.29, 1.82) is 0 Å². The molecule has 0 fully saturated rings. The highest BCUT2D eigenvalue weighted by Gasteiger charge is 2.27. The minimum Gasteiger partial charge on any atom is -0.382 e. The maximum atomic E-state index is 12.2. The monoisotopic (exact) mass is 323 g/mol. The van der Waals surface area contributed by atoms with Gasteiger partial charge in [-0.2, -0.15) is 13.2 Å². The van der Waals surface area contributed by atoms with Gasteiger partial charge in [0.05, 0.1) is 24.7 Å². The lowest BCUT2D eigenvalue weighted by Gasteiger charge is -2.12. The van der Waals surface area contributed by atoms with E-state index in [9.17, 15) is 18.0 Å². The quantitative estimate of drug-likeness (QED) is 0.590. The maximum Gasteiger partial charge on any atom is 0.398 e. The van der Waals surface area contributed by atoms with Gasteiger partial charge in [0.25, 0.3) is 0 Å². The number of ether oxygens (including phenoxy) is 2. The maximum absolute atomic E-state index is 12.2. The van der Waals surface area contributed by atoms with Crippen LogP contribution >= 0.6 is 11.8 Å². The van der Waals surface area contributed by atoms with Crippen LogP contribution < -0.4 is 5.32 Å². The number of alkyl halides is 3. The van der Waals surface area contributed by atoms with E-state index in [2.05, 4.69) is 5.32 Å². The highest BCUT2D eigenvalue weighted by molar-refractivity contribution is 7.99. The molecule has 1 N–H and O–H groups in total. The molecule has 4 nitrogen and oxygen atoms in total. The number of para-hydroxylation sites is 1. The van der Waals surface area contributed by atoms with Crippen molar-refractivity contribution in [1.82, 2.24) is 0 Å². The summed E-state index contributed by atoms with van der Waals surface area (Å²) >= 11 is 0.627. The van der Waals surface area contributed by atoms with E-state index in [0.29, 0.717) is 29.0 Å². The van der Waals surface area contributed by atoms with Crippen molar-refractivity contribution >= 4 is 23.4 Å². The summed E-state index contributed by atoms with van der Waals surface area (Å²) in [6.45, 7) is 0.460. The molecule has 118 valence electrons. The summed E-state index contributed by atoms with van der Waals surface area (Å²) in [7, 11) is 1.51. The predicted octanol–water partition coefficient (Wildman–Crippen LogP) is 2.94. The third-order valence-corrected chi connectivity index (χ3v) is 3.36. The largest absolute Gasteiger partial charge is 0.398 e. The van der Waals surface area contributed by atoms with Crippen molar-refractivity contribution in [2.75, 3.05) is 38.0 Å². The van der Waals surface area contributed by atoms with Gasteiger partial charge in [0.15, 0.2) is 0 Å². The number of rotatable bonds is 8. The van der Waals surface area contributed by atoms with Gasteiger partial charge >= 0.3 is 6.18 Å². The van der Waals surface area contributed by atoms with Crippen LogP contribution in [0.2, 0.25) is 0 Å². The number of halogens is 3. The van der Waals surface area contributed by atoms with Gasteiger partial charge in [0.2, 0.25) is 5.91 Å². The number of amides is 1. The van der Waals surface area contributed by atoms with Gasteiger partial charge in [-0.15, -0.1) is 11.8 Å². The minimum atomic E-state index is -4.26. The van der Waals surface area contributed by atoms with Gasteiger partial charge in [0.1, 0.15) is 6.61 Å². The summed E-state index contributed by atoms with van der Waals surface area (Å²) in [5.41, 5.74) is 0.340. The number of hydrogen-bond donors (Lipinski definition) is 1. The van der Waals surface area contributed by atoms with E-state index in [1.807, 2.05) is 0 Å². The fourth-order valence-electron chi connectivity index (χ4n) is 1.35. The first-order valence-corrected chi connectivity index (χ1v) is 7.06. The van der Waals surface area contributed by atoms with Crippen molar-refractivity contribution in [3.63, 3.8) is 0 Å². The molecule has 0 aliphatic carbocycles. The Morgan fingerprint density at radius 2 is 2.00 bits per heavy atom. The first-order valence-electron chi connectivity index (χ1n) is 6.07. The van der Waals surface area contributed by atoms with Crippen LogP contribution in [-0.4, -0.2) is 44.8 Å². The molecule has 1 aromatic rings. The zero-order valence-electron chi connectivity index (χ0n) is 11.4. The number of benzene rings is 1. The van der Waals surface area contributed by atoms with Crippen LogP contribution in [0.25, 0.3) is 0 Å². The van der Waals surface area contributed by atoms with Crippen LogP contribution in [0.1, 0.15) is 0 Å². The topological polar surface area (TPSA) is 47.6 Å². The number of anilines is 1. The van der Waals surface area contributed by atoms with E-state index < -0.39 is 17.8 Å². The van der Waals surface area contributed by atoms with Crippen LogP contribution in [0, 0.1) is 0 Å². The Bertz CT molecular complexity index is 455. The normalized spacial score (nSPS) is 11.4. The van der Waals surface area contributed by atoms with E-state index >= 15 is 0 Å². The molecule has 0 radical (unpaired) electrons. The zero-order valence-corrected chi connectivity index (χ0v) is 12.2. The predicted molar refractivity (Wildman–Crippen MR) is 74.5 cm³/mol. The first kappa shape index (κ1) is 17.8. The molecule has 0 aliphatic rings. The first-order chi connectivity index (χ1) is 9.92. The summed E-state index contributed by atoms with van der Waals surface area (Å²) in [4.78, 5) is 12.0. The van der Waals surface area contributed by atoms with Gasteiger partial charge in [-0.1, -0.05) is 12.1 Å². The average molecular weight is 323 g/mol. The summed E-state index contributed by atoms with van der Waals surface area (Å²) in [6.07, 6.45) is -4.26. The SMILES string of the molecule is COCCOCC(=O)Nc1ccccc1SCC(F)(F)F. The molecule has 0 aromatic heterocycles. The van der Waals surface area contributed by atoms with Crippen LogP contribution in [0.3, 0.4) is 0 Å². The van der Waals surface area contributed by atoms with Crippen molar-refractivity contribution in [2.45, 2.75) is 11.1 Å². The fraction of sp³-hybridized carbons (Fsp3) is 0.462. The second-order valence-corrected chi connectivity index (χ2v) is 5.01. The van der Waals surface area contributed by atoms with Crippen molar-refractivity contribution in [3.05, 3.63) is 24.3 Å². The lowest BCUT2D eigenvalue weighted by atomic mass is 10.3. The van der Waals surface area contributed by atoms with E-state index in [0.717, 1.165) is 0 Å². The highest BCUT2D eigenvalue weighted by Crippen LogP contribution is 2.31. The van der Waals surface area contributed by atoms with Gasteiger partial charge in [-0.25, -0.2) is 0 Å². The molecule has 0 heterocycles. The molecule has 1 aromatic carbocycles. The minimum absolute atomic E-state index is 0.179. The second-order valence-electron chi connectivity index (χ2n) is 3.99. The van der Waals surface area contributed by atoms with Crippen LogP contribution in [0.5, 0.6) is 0 Å². The molecule has 0 spiro atoms. The van der Waals surface area contributed by atoms with Crippen LogP contribution in [0.15, 0.2) is 29.2 Å². The Morgan fingerprint density at radius 1 is 1.29 bits per heavy atom. The zero-order chi connectivity index (χ0) is 15.7. The van der Waals surface area contributed by atoms with Crippen molar-refractivity contribution < 1.29 is 27.4 Å². The van der Waals surface area contributed by atoms with Crippen molar-refractivity contribution in [3.8, 4) is 0 Å². The Hall–Kier alpha value is -1.25. The molecular weight excluding hydrogens is 307 g/mol. The van der Waals surface area contributed by atoms with Gasteiger partial charge in [-0.05, 0) is 12.1 Å². The summed E-state index contributed by atoms with van der Waals surface area (Å²) < 4.78 is 46.5. The van der Waals surface area contributed by atoms with Crippen molar-refractivity contribution in [2.24, 2.45) is 0 Å². The standard InChI is InChI=1S/C13H16F3NO3S/c1-19-6-7-20-8-12(18)17-10-4-2-3-5-11(10)21-9-13(14,15)16/h2-5H,6-9H2,1H3,(H,17,18). The lowest BCUT2D eigenvalue weighted by molar-refractivity contribution is -0.121. The number of hydrogen-bond acceptors (Lipinski definition) is 4. The molecule has 0 atom stereocenters. The summed E-state index contributed by atoms with van der Waals surface area (Å²) in [5, 5.41) is 2.53. The van der Waals surface area contributed by atoms with Crippen LogP contribution in [-0.2, 0) is 14.3 Å². The van der Waals surface area contributed by atoms with E-state index in [1.165, 1.54) is 13.2 Å². The summed E-state index contributed by atoms with van der Waals surface area (Å²) in [6, 6.07) is 6.33. The molecule has 1 amide bonds. The van der Waals surface area contributed by atoms with E-state index in [-0.39, 0.29) is 13.2 Å². The molecule has 0 saturated heterocycles. The number of carbonyl (C=O) groups excluding carboxylic acids is 1. The Morgan fingerprint density at radius 3 is 2.67 bits per heavy atom. The van der Waals surface area contributed by atoms with E-state index in [4.69, 9.17) is 9.47 Å². The van der Waals surface area contributed by atoms with Gasteiger partial charge in [-0.3, -0.25) is 4.79 Å². The summed E-state index contributed by atoms with van der Waals surface area (Å²) in [5.74, 6) is -1.43. The number of thioether (sulfide) groups is 1. The Labute approximate surface area is 125 Å². The fourth-order valence-corrected chi connectivity index (χ4v) is 2.12. The second kappa shape index (κ2) is 8.91. The third kappa shape index (κ3) is 7.93. The smallest absolute Gasteiger partial charge is 0.382 e. The molecule has 8 heteroatoms. The number of nitrogens with one attached hydrogen (secondary N) is 1. The Balaban J connectivity index is 2.52. The molecule has 1 rings (SSSR count). The number of methoxy groups -OCH3 is 1. The molecule has 0 aliphatic heterocycles. The molecular formula is C13H16F3NO3S. The molecule has 0 saturated carbocycles.